The second-order valence-corrected chi connectivity index (χ2v) is 4.97. The van der Waals surface area contributed by atoms with Crippen molar-refractivity contribution in [2.45, 2.75) is 0 Å². The van der Waals surface area contributed by atoms with Gasteiger partial charge in [-0.25, -0.2) is 9.97 Å². The Morgan fingerprint density at radius 2 is 2.11 bits per heavy atom. The zero-order chi connectivity index (χ0) is 12.5. The number of phenols is 1. The number of thiophene rings is 1. The quantitative estimate of drug-likeness (QED) is 0.700. The minimum atomic E-state index is 0.0613. The topological polar surface area (TPSA) is 58.0 Å². The van der Waals surface area contributed by atoms with Gasteiger partial charge in [0.1, 0.15) is 12.1 Å². The number of hydrogen-bond acceptors (Lipinski definition) is 5. The Balaban J connectivity index is 2.01. The summed E-state index contributed by atoms with van der Waals surface area (Å²) in [6, 6.07) is 6.87. The highest BCUT2D eigenvalue weighted by Gasteiger charge is 2.06. The molecular weight excluding hydrogens is 270 g/mol. The Bertz CT molecular complexity index is 713. The van der Waals surface area contributed by atoms with Gasteiger partial charge in [-0.1, -0.05) is 11.6 Å². The molecule has 0 fully saturated rings. The zero-order valence-corrected chi connectivity index (χ0v) is 10.7. The molecule has 2 N–H and O–H groups in total. The van der Waals surface area contributed by atoms with E-state index in [1.165, 1.54) is 12.4 Å². The lowest BCUT2D eigenvalue weighted by Gasteiger charge is -2.07. The van der Waals surface area contributed by atoms with Gasteiger partial charge in [-0.15, -0.1) is 11.3 Å². The molecule has 0 bridgehead atoms. The van der Waals surface area contributed by atoms with Gasteiger partial charge in [-0.3, -0.25) is 0 Å². The Morgan fingerprint density at radius 3 is 2.94 bits per heavy atom. The number of benzene rings is 1. The molecule has 2 aromatic heterocycles. The molecular formula is C12H8ClN3OS. The highest BCUT2D eigenvalue weighted by molar-refractivity contribution is 7.17. The van der Waals surface area contributed by atoms with E-state index in [0.29, 0.717) is 5.02 Å². The highest BCUT2D eigenvalue weighted by Crippen LogP contribution is 2.30. The van der Waals surface area contributed by atoms with Crippen molar-refractivity contribution in [2.75, 3.05) is 5.32 Å². The van der Waals surface area contributed by atoms with Crippen molar-refractivity contribution < 1.29 is 5.11 Å². The molecule has 1 aromatic carbocycles. The van der Waals surface area contributed by atoms with E-state index >= 15 is 0 Å². The van der Waals surface area contributed by atoms with Gasteiger partial charge in [-0.2, -0.15) is 0 Å². The van der Waals surface area contributed by atoms with E-state index in [4.69, 9.17) is 11.6 Å². The predicted molar refractivity (Wildman–Crippen MR) is 73.8 cm³/mol. The Kier molecular flexibility index (Phi) is 2.77. The maximum absolute atomic E-state index is 9.37. The van der Waals surface area contributed by atoms with Crippen molar-refractivity contribution in [3.05, 3.63) is 41.0 Å². The maximum atomic E-state index is 9.37. The lowest BCUT2D eigenvalue weighted by molar-refractivity contribution is 0.475. The van der Waals surface area contributed by atoms with Gasteiger partial charge in [0.05, 0.1) is 15.2 Å². The number of fused-ring (bicyclic) bond motifs is 1. The number of halogens is 1. The number of rotatable bonds is 2. The Hall–Kier alpha value is -1.85. The molecule has 18 heavy (non-hydrogen) atoms. The smallest absolute Gasteiger partial charge is 0.151 e. The highest BCUT2D eigenvalue weighted by atomic mass is 35.5. The number of anilines is 2. The van der Waals surface area contributed by atoms with Gasteiger partial charge in [-0.05, 0) is 29.6 Å². The van der Waals surface area contributed by atoms with Crippen molar-refractivity contribution in [1.82, 2.24) is 9.97 Å². The van der Waals surface area contributed by atoms with Gasteiger partial charge >= 0.3 is 0 Å². The number of aromatic hydroxyl groups is 1. The Morgan fingerprint density at radius 1 is 1.22 bits per heavy atom. The lowest BCUT2D eigenvalue weighted by Crippen LogP contribution is -1.94. The molecule has 4 nitrogen and oxygen atoms in total. The third-order valence-electron chi connectivity index (χ3n) is 2.45. The summed E-state index contributed by atoms with van der Waals surface area (Å²) < 4.78 is 0.988. The fourth-order valence-corrected chi connectivity index (χ4v) is 2.57. The van der Waals surface area contributed by atoms with Crippen LogP contribution in [0.4, 0.5) is 11.5 Å². The van der Waals surface area contributed by atoms with E-state index in [0.717, 1.165) is 21.7 Å². The molecule has 0 aliphatic carbocycles. The molecule has 2 heterocycles. The van der Waals surface area contributed by atoms with E-state index in [-0.39, 0.29) is 5.75 Å². The van der Waals surface area contributed by atoms with E-state index in [9.17, 15) is 5.11 Å². The van der Waals surface area contributed by atoms with Crippen LogP contribution in [0.5, 0.6) is 5.75 Å². The number of phenolic OH excluding ortho intramolecular Hbond substituents is 1. The van der Waals surface area contributed by atoms with Crippen LogP contribution in [0.25, 0.3) is 10.2 Å². The van der Waals surface area contributed by atoms with Crippen LogP contribution in [0.15, 0.2) is 36.0 Å². The summed E-state index contributed by atoms with van der Waals surface area (Å²) in [5.74, 6) is 0.794. The summed E-state index contributed by atoms with van der Waals surface area (Å²) in [7, 11) is 0. The summed E-state index contributed by atoms with van der Waals surface area (Å²) in [6.45, 7) is 0. The van der Waals surface area contributed by atoms with Crippen LogP contribution in [0.3, 0.4) is 0 Å². The molecule has 0 unspecified atom stereocenters. The number of aromatic nitrogens is 2. The molecule has 3 aromatic rings. The molecule has 0 amide bonds. The average Bonchev–Trinajstić information content (AvgIpc) is 2.83. The van der Waals surface area contributed by atoms with Crippen molar-refractivity contribution in [3.8, 4) is 5.75 Å². The van der Waals surface area contributed by atoms with Gasteiger partial charge in [0.2, 0.25) is 0 Å². The fraction of sp³-hybridized carbons (Fsp3) is 0. The van der Waals surface area contributed by atoms with Crippen molar-refractivity contribution in [3.63, 3.8) is 0 Å². The first-order valence-corrected chi connectivity index (χ1v) is 6.43. The lowest BCUT2D eigenvalue weighted by atomic mass is 10.3. The van der Waals surface area contributed by atoms with E-state index < -0.39 is 0 Å². The third kappa shape index (κ3) is 1.98. The van der Waals surface area contributed by atoms with Crippen LogP contribution in [0, 0.1) is 0 Å². The van der Waals surface area contributed by atoms with E-state index in [1.807, 2.05) is 11.4 Å². The molecule has 0 aliphatic heterocycles. The van der Waals surface area contributed by atoms with Crippen LogP contribution in [-0.4, -0.2) is 15.1 Å². The normalized spacial score (nSPS) is 10.7. The first kappa shape index (κ1) is 11.3. The molecule has 3 rings (SSSR count). The Labute approximate surface area is 112 Å². The molecule has 0 saturated heterocycles. The molecule has 0 aliphatic rings. The van der Waals surface area contributed by atoms with Gasteiger partial charge in [0.25, 0.3) is 0 Å². The fourth-order valence-electron chi connectivity index (χ4n) is 1.60. The van der Waals surface area contributed by atoms with Gasteiger partial charge in [0.15, 0.2) is 5.82 Å². The van der Waals surface area contributed by atoms with Crippen molar-refractivity contribution in [2.24, 2.45) is 0 Å². The van der Waals surface area contributed by atoms with Crippen LogP contribution in [0.1, 0.15) is 0 Å². The second kappa shape index (κ2) is 4.44. The maximum Gasteiger partial charge on any atom is 0.151 e. The molecule has 0 saturated carbocycles. The minimum Gasteiger partial charge on any atom is -0.506 e. The third-order valence-corrected chi connectivity index (χ3v) is 3.67. The first-order chi connectivity index (χ1) is 8.74. The summed E-state index contributed by atoms with van der Waals surface area (Å²) in [5.41, 5.74) is 1.67. The summed E-state index contributed by atoms with van der Waals surface area (Å²) in [4.78, 5) is 8.38. The van der Waals surface area contributed by atoms with Gasteiger partial charge < -0.3 is 10.4 Å². The largest absolute Gasteiger partial charge is 0.506 e. The first-order valence-electron chi connectivity index (χ1n) is 5.18. The summed E-state index contributed by atoms with van der Waals surface area (Å²) in [6.07, 6.45) is 1.51. The molecule has 0 atom stereocenters. The van der Waals surface area contributed by atoms with Gasteiger partial charge in [0, 0.05) is 5.69 Å². The number of nitrogens with one attached hydrogen (secondary N) is 1. The number of nitrogens with zero attached hydrogens (tertiary/aromatic N) is 2. The van der Waals surface area contributed by atoms with Crippen LogP contribution < -0.4 is 5.32 Å². The standard InChI is InChI=1S/C12H8ClN3OS/c13-8-5-7(1-2-10(8)17)16-12-11-9(3-4-18-11)14-6-15-12/h1-6,17H,(H,14,15,16). The van der Waals surface area contributed by atoms with Crippen molar-refractivity contribution >= 4 is 44.7 Å². The average molecular weight is 278 g/mol. The van der Waals surface area contributed by atoms with Crippen LogP contribution in [-0.2, 0) is 0 Å². The summed E-state index contributed by atoms with van der Waals surface area (Å²) in [5, 5.41) is 14.8. The monoisotopic (exact) mass is 277 g/mol. The summed E-state index contributed by atoms with van der Waals surface area (Å²) >= 11 is 7.43. The van der Waals surface area contributed by atoms with E-state index in [1.54, 1.807) is 23.5 Å². The van der Waals surface area contributed by atoms with Crippen LogP contribution in [0.2, 0.25) is 5.02 Å². The molecule has 90 valence electrons. The van der Waals surface area contributed by atoms with E-state index in [2.05, 4.69) is 15.3 Å². The SMILES string of the molecule is Oc1ccc(Nc2ncnc3ccsc23)cc1Cl. The zero-order valence-electron chi connectivity index (χ0n) is 9.09. The number of hydrogen-bond donors (Lipinski definition) is 2. The molecule has 0 radical (unpaired) electrons. The predicted octanol–water partition coefficient (Wildman–Crippen LogP) is 3.79. The molecule has 0 spiro atoms. The second-order valence-electron chi connectivity index (χ2n) is 3.65. The minimum absolute atomic E-state index is 0.0613. The molecule has 6 heteroatoms. The van der Waals surface area contributed by atoms with Crippen molar-refractivity contribution in [1.29, 1.82) is 0 Å². The van der Waals surface area contributed by atoms with Crippen LogP contribution >= 0.6 is 22.9 Å².